The summed E-state index contributed by atoms with van der Waals surface area (Å²) in [7, 11) is 0. The molecule has 0 aliphatic carbocycles. The van der Waals surface area contributed by atoms with Crippen molar-refractivity contribution in [2.75, 3.05) is 13.1 Å². The van der Waals surface area contributed by atoms with E-state index in [2.05, 4.69) is 16.4 Å². The van der Waals surface area contributed by atoms with Crippen molar-refractivity contribution in [2.45, 2.75) is 44.9 Å². The summed E-state index contributed by atoms with van der Waals surface area (Å²) in [6.45, 7) is 5.58. The highest BCUT2D eigenvalue weighted by atomic mass is 19.1. The summed E-state index contributed by atoms with van der Waals surface area (Å²) in [5.41, 5.74) is 0.579. The van der Waals surface area contributed by atoms with E-state index in [0.29, 0.717) is 36.3 Å². The molecule has 25 heavy (non-hydrogen) atoms. The minimum absolute atomic E-state index is 0.176. The maximum atomic E-state index is 13.5. The average molecular weight is 343 g/mol. The second kappa shape index (κ2) is 6.90. The van der Waals surface area contributed by atoms with Gasteiger partial charge in [-0.3, -0.25) is 4.90 Å². The maximum Gasteiger partial charge on any atom is 0.123 e. The standard InChI is InChI=1S/C18H22FN5O/c1-13(2)24-11-17(21-22-24)18(25)6-3-7-23(12-18)10-15-8-16(19)5-4-14(15)9-20/h4-5,8,11,13,25H,3,6-7,10,12H2,1-2H3/t18-/m1/s1. The zero-order chi connectivity index (χ0) is 18.0. The van der Waals surface area contributed by atoms with Crippen LogP contribution in [0.25, 0.3) is 0 Å². The number of nitriles is 1. The highest BCUT2D eigenvalue weighted by molar-refractivity contribution is 5.37. The number of benzene rings is 1. The molecule has 2 heterocycles. The summed E-state index contributed by atoms with van der Waals surface area (Å²) in [5, 5.41) is 28.5. The molecule has 0 radical (unpaired) electrons. The van der Waals surface area contributed by atoms with Crippen LogP contribution in [0.2, 0.25) is 0 Å². The van der Waals surface area contributed by atoms with Gasteiger partial charge < -0.3 is 5.11 Å². The van der Waals surface area contributed by atoms with Crippen LogP contribution < -0.4 is 0 Å². The number of aliphatic hydroxyl groups is 1. The van der Waals surface area contributed by atoms with Crippen molar-refractivity contribution in [1.29, 1.82) is 5.26 Å². The topological polar surface area (TPSA) is 78.0 Å². The van der Waals surface area contributed by atoms with Gasteiger partial charge in [-0.2, -0.15) is 5.26 Å². The zero-order valence-electron chi connectivity index (χ0n) is 14.5. The first-order valence-corrected chi connectivity index (χ1v) is 8.47. The summed E-state index contributed by atoms with van der Waals surface area (Å²) in [6.07, 6.45) is 3.19. The maximum absolute atomic E-state index is 13.5. The Morgan fingerprint density at radius 3 is 2.92 bits per heavy atom. The van der Waals surface area contributed by atoms with E-state index in [1.807, 2.05) is 18.7 Å². The van der Waals surface area contributed by atoms with E-state index >= 15 is 0 Å². The van der Waals surface area contributed by atoms with E-state index in [0.717, 1.165) is 13.0 Å². The molecule has 1 fully saturated rings. The van der Waals surface area contributed by atoms with Gasteiger partial charge in [0.1, 0.15) is 17.1 Å². The number of halogens is 1. The minimum atomic E-state index is -1.08. The summed E-state index contributed by atoms with van der Waals surface area (Å²) >= 11 is 0. The molecule has 0 unspecified atom stereocenters. The minimum Gasteiger partial charge on any atom is -0.382 e. The van der Waals surface area contributed by atoms with Crippen LogP contribution in [-0.2, 0) is 12.1 Å². The Balaban J connectivity index is 1.79. The van der Waals surface area contributed by atoms with E-state index in [9.17, 15) is 14.8 Å². The molecule has 1 aromatic carbocycles. The van der Waals surface area contributed by atoms with E-state index in [1.165, 1.54) is 18.2 Å². The Hall–Kier alpha value is -2.30. The first-order valence-electron chi connectivity index (χ1n) is 8.47. The van der Waals surface area contributed by atoms with E-state index in [-0.39, 0.29) is 11.9 Å². The molecule has 1 aliphatic rings. The fourth-order valence-corrected chi connectivity index (χ4v) is 3.25. The fourth-order valence-electron chi connectivity index (χ4n) is 3.25. The molecular formula is C18H22FN5O. The van der Waals surface area contributed by atoms with Crippen molar-refractivity contribution in [2.24, 2.45) is 0 Å². The molecule has 0 bridgehead atoms. The Kier molecular flexibility index (Phi) is 4.84. The van der Waals surface area contributed by atoms with Gasteiger partial charge in [0, 0.05) is 19.1 Å². The number of rotatable bonds is 4. The number of aromatic nitrogens is 3. The Morgan fingerprint density at radius 1 is 1.44 bits per heavy atom. The monoisotopic (exact) mass is 343 g/mol. The van der Waals surface area contributed by atoms with Gasteiger partial charge in [0.15, 0.2) is 0 Å². The van der Waals surface area contributed by atoms with Gasteiger partial charge in [0.05, 0.1) is 17.8 Å². The molecule has 0 amide bonds. The van der Waals surface area contributed by atoms with Gasteiger partial charge >= 0.3 is 0 Å². The first-order chi connectivity index (χ1) is 11.9. The molecule has 1 aliphatic heterocycles. The van der Waals surface area contributed by atoms with Crippen LogP contribution in [0.4, 0.5) is 4.39 Å². The van der Waals surface area contributed by atoms with Crippen molar-refractivity contribution in [3.63, 3.8) is 0 Å². The summed E-state index contributed by atoms with van der Waals surface area (Å²) < 4.78 is 15.3. The van der Waals surface area contributed by atoms with Crippen molar-refractivity contribution >= 4 is 0 Å². The lowest BCUT2D eigenvalue weighted by Gasteiger charge is -2.38. The van der Waals surface area contributed by atoms with Crippen LogP contribution in [0.15, 0.2) is 24.4 Å². The van der Waals surface area contributed by atoms with Gasteiger partial charge in [0.2, 0.25) is 0 Å². The van der Waals surface area contributed by atoms with E-state index in [1.54, 1.807) is 10.9 Å². The number of nitrogens with zero attached hydrogens (tertiary/aromatic N) is 5. The van der Waals surface area contributed by atoms with Crippen LogP contribution in [0, 0.1) is 17.1 Å². The van der Waals surface area contributed by atoms with Crippen molar-refractivity contribution in [3.8, 4) is 6.07 Å². The lowest BCUT2D eigenvalue weighted by atomic mass is 9.89. The SMILES string of the molecule is CC(C)n1cc([C@@]2(O)CCCN(Cc3cc(F)ccc3C#N)C2)nn1. The highest BCUT2D eigenvalue weighted by Gasteiger charge is 2.37. The van der Waals surface area contributed by atoms with E-state index in [4.69, 9.17) is 0 Å². The molecule has 0 saturated carbocycles. The molecule has 1 aromatic heterocycles. The van der Waals surface area contributed by atoms with Crippen molar-refractivity contribution in [3.05, 3.63) is 47.0 Å². The smallest absolute Gasteiger partial charge is 0.123 e. The Morgan fingerprint density at radius 2 is 2.24 bits per heavy atom. The van der Waals surface area contributed by atoms with Crippen LogP contribution in [-0.4, -0.2) is 38.1 Å². The molecule has 0 spiro atoms. The number of likely N-dealkylation sites (tertiary alicyclic amines) is 1. The Labute approximate surface area is 146 Å². The molecule has 1 saturated heterocycles. The van der Waals surface area contributed by atoms with Gasteiger partial charge in [-0.15, -0.1) is 5.10 Å². The third-order valence-electron chi connectivity index (χ3n) is 4.65. The molecule has 3 rings (SSSR count). The van der Waals surface area contributed by atoms with Crippen molar-refractivity contribution < 1.29 is 9.50 Å². The van der Waals surface area contributed by atoms with Crippen LogP contribution >= 0.6 is 0 Å². The van der Waals surface area contributed by atoms with Crippen LogP contribution in [0.5, 0.6) is 0 Å². The second-order valence-electron chi connectivity index (χ2n) is 6.94. The molecule has 6 nitrogen and oxygen atoms in total. The lowest BCUT2D eigenvalue weighted by molar-refractivity contribution is -0.0414. The number of hydrogen-bond acceptors (Lipinski definition) is 5. The molecule has 2 aromatic rings. The lowest BCUT2D eigenvalue weighted by Crippen LogP contribution is -2.46. The molecule has 132 valence electrons. The van der Waals surface area contributed by atoms with Crippen molar-refractivity contribution in [1.82, 2.24) is 19.9 Å². The Bertz CT molecular complexity index is 797. The summed E-state index contributed by atoms with van der Waals surface area (Å²) in [6, 6.07) is 6.45. The van der Waals surface area contributed by atoms with Gasteiger partial charge in [-0.1, -0.05) is 5.21 Å². The summed E-state index contributed by atoms with van der Waals surface area (Å²) in [4.78, 5) is 2.04. The first kappa shape index (κ1) is 17.5. The third kappa shape index (κ3) is 3.70. The zero-order valence-corrected chi connectivity index (χ0v) is 14.5. The quantitative estimate of drug-likeness (QED) is 0.922. The number of β-amino-alcohol motifs (C(OH)–C–C–N with tert-alkyl or cyclic N) is 1. The third-order valence-corrected chi connectivity index (χ3v) is 4.65. The van der Waals surface area contributed by atoms with Gasteiger partial charge in [-0.05, 0) is 57.0 Å². The molecule has 1 atom stereocenters. The predicted molar refractivity (Wildman–Crippen MR) is 89.9 cm³/mol. The van der Waals surface area contributed by atoms with E-state index < -0.39 is 5.60 Å². The van der Waals surface area contributed by atoms with Gasteiger partial charge in [-0.25, -0.2) is 9.07 Å². The highest BCUT2D eigenvalue weighted by Crippen LogP contribution is 2.31. The molecular weight excluding hydrogens is 321 g/mol. The predicted octanol–water partition coefficient (Wildman–Crippen LogP) is 2.35. The van der Waals surface area contributed by atoms with Crippen LogP contribution in [0.1, 0.15) is 49.6 Å². The average Bonchev–Trinajstić information content (AvgIpc) is 3.06. The molecule has 7 heteroatoms. The second-order valence-corrected chi connectivity index (χ2v) is 6.94. The van der Waals surface area contributed by atoms with Crippen LogP contribution in [0.3, 0.4) is 0 Å². The number of piperidine rings is 1. The number of hydrogen-bond donors (Lipinski definition) is 1. The molecule has 1 N–H and O–H groups in total. The van der Waals surface area contributed by atoms with Gasteiger partial charge in [0.25, 0.3) is 0 Å². The normalized spacial score (nSPS) is 21.4. The largest absolute Gasteiger partial charge is 0.382 e. The summed E-state index contributed by atoms with van der Waals surface area (Å²) in [5.74, 6) is -0.360. The fraction of sp³-hybridized carbons (Fsp3) is 0.500.